The van der Waals surface area contributed by atoms with Gasteiger partial charge in [0.25, 0.3) is 0 Å². The predicted octanol–water partition coefficient (Wildman–Crippen LogP) is -0.0409. The van der Waals surface area contributed by atoms with E-state index < -0.39 is 28.0 Å². The third-order valence-electron chi connectivity index (χ3n) is 3.42. The van der Waals surface area contributed by atoms with Crippen LogP contribution < -0.4 is 0 Å². The van der Waals surface area contributed by atoms with Crippen LogP contribution in [0.25, 0.3) is 0 Å². The van der Waals surface area contributed by atoms with E-state index in [4.69, 9.17) is 5.11 Å². The van der Waals surface area contributed by atoms with E-state index >= 15 is 0 Å². The number of amides is 1. The summed E-state index contributed by atoms with van der Waals surface area (Å²) in [5.74, 6) is -2.13. The van der Waals surface area contributed by atoms with E-state index in [1.807, 2.05) is 0 Å². The number of rotatable bonds is 6. The normalized spacial score (nSPS) is 18.4. The minimum Gasteiger partial charge on any atom is -0.480 e. The molecule has 1 unspecified atom stereocenters. The lowest BCUT2D eigenvalue weighted by Crippen LogP contribution is -2.58. The van der Waals surface area contributed by atoms with Crippen LogP contribution in [0, 0.1) is 11.8 Å². The summed E-state index contributed by atoms with van der Waals surface area (Å²) in [4.78, 5) is 24.5. The molecule has 1 heterocycles. The maximum absolute atomic E-state index is 12.2. The molecule has 0 aromatic rings. The van der Waals surface area contributed by atoms with Crippen molar-refractivity contribution in [3.8, 4) is 0 Å². The van der Waals surface area contributed by atoms with Crippen LogP contribution in [0.1, 0.15) is 13.8 Å². The van der Waals surface area contributed by atoms with Gasteiger partial charge in [0.15, 0.2) is 0 Å². The Labute approximate surface area is 118 Å². The molecule has 0 aliphatic carbocycles. The van der Waals surface area contributed by atoms with Crippen molar-refractivity contribution >= 4 is 21.9 Å². The first-order valence-corrected chi connectivity index (χ1v) is 7.74. The minimum absolute atomic E-state index is 0.0714. The summed E-state index contributed by atoms with van der Waals surface area (Å²) in [5.41, 5.74) is 0. The third kappa shape index (κ3) is 3.18. The molecule has 114 valence electrons. The lowest BCUT2D eigenvalue weighted by molar-refractivity contribution is -0.154. The number of carboxylic acids is 1. The standard InChI is InChI=1S/C12H20N2O5S/c1-5-20(18,19)14-6-9(7-14)11(15)13(4)10(8(2)3)12(16)17/h5,8-10H,1,6-7H2,2-4H3,(H,16,17). The highest BCUT2D eigenvalue weighted by Gasteiger charge is 2.42. The molecule has 8 heteroatoms. The molecule has 20 heavy (non-hydrogen) atoms. The van der Waals surface area contributed by atoms with E-state index in [0.717, 1.165) is 9.71 Å². The largest absolute Gasteiger partial charge is 0.480 e. The molecule has 1 amide bonds. The molecule has 1 fully saturated rings. The Balaban J connectivity index is 2.70. The number of likely N-dealkylation sites (N-methyl/N-ethyl adjacent to an activating group) is 1. The van der Waals surface area contributed by atoms with E-state index in [1.165, 1.54) is 11.9 Å². The van der Waals surface area contributed by atoms with Crippen molar-refractivity contribution in [2.75, 3.05) is 20.1 Å². The fraction of sp³-hybridized carbons (Fsp3) is 0.667. The first kappa shape index (κ1) is 16.6. The monoisotopic (exact) mass is 304 g/mol. The molecule has 1 atom stereocenters. The first-order chi connectivity index (χ1) is 9.11. The lowest BCUT2D eigenvalue weighted by atomic mass is 9.97. The SMILES string of the molecule is C=CS(=O)(=O)N1CC(C(=O)N(C)C(C(=O)O)C(C)C)C1. The molecule has 1 N–H and O–H groups in total. The van der Waals surface area contributed by atoms with Crippen molar-refractivity contribution in [3.63, 3.8) is 0 Å². The number of aliphatic carboxylic acids is 1. The van der Waals surface area contributed by atoms with Gasteiger partial charge in [0.1, 0.15) is 6.04 Å². The molecule has 0 saturated carbocycles. The quantitative estimate of drug-likeness (QED) is 0.743. The van der Waals surface area contributed by atoms with Crippen molar-refractivity contribution in [2.24, 2.45) is 11.8 Å². The summed E-state index contributed by atoms with van der Waals surface area (Å²) in [6, 6.07) is -0.910. The molecule has 7 nitrogen and oxygen atoms in total. The maximum Gasteiger partial charge on any atom is 0.326 e. The first-order valence-electron chi connectivity index (χ1n) is 6.24. The van der Waals surface area contributed by atoms with Crippen LogP contribution in [0.15, 0.2) is 12.0 Å². The minimum atomic E-state index is -3.50. The van der Waals surface area contributed by atoms with Gasteiger partial charge in [-0.15, -0.1) is 0 Å². The van der Waals surface area contributed by atoms with E-state index in [0.29, 0.717) is 0 Å². The number of carbonyl (C=O) groups is 2. The molecule has 0 radical (unpaired) electrons. The van der Waals surface area contributed by atoms with Crippen LogP contribution in [0.2, 0.25) is 0 Å². The molecule has 0 aromatic heterocycles. The average Bonchev–Trinajstić information content (AvgIpc) is 2.25. The Morgan fingerprint density at radius 2 is 1.90 bits per heavy atom. The Hall–Kier alpha value is -1.41. The van der Waals surface area contributed by atoms with Gasteiger partial charge >= 0.3 is 5.97 Å². The highest BCUT2D eigenvalue weighted by Crippen LogP contribution is 2.23. The van der Waals surface area contributed by atoms with Gasteiger partial charge in [0.05, 0.1) is 5.92 Å². The number of hydrogen-bond donors (Lipinski definition) is 1. The summed E-state index contributed by atoms with van der Waals surface area (Å²) in [5, 5.41) is 9.98. The summed E-state index contributed by atoms with van der Waals surface area (Å²) in [6.45, 7) is 6.80. The van der Waals surface area contributed by atoms with Crippen molar-refractivity contribution in [1.82, 2.24) is 9.21 Å². The van der Waals surface area contributed by atoms with Crippen molar-refractivity contribution in [1.29, 1.82) is 0 Å². The zero-order valence-electron chi connectivity index (χ0n) is 11.8. The fourth-order valence-electron chi connectivity index (χ4n) is 2.23. The van der Waals surface area contributed by atoms with E-state index in [-0.39, 0.29) is 24.9 Å². The van der Waals surface area contributed by atoms with Crippen LogP contribution >= 0.6 is 0 Å². The fourth-order valence-corrected chi connectivity index (χ4v) is 3.22. The van der Waals surface area contributed by atoms with Crippen LogP contribution in [0.5, 0.6) is 0 Å². The van der Waals surface area contributed by atoms with Gasteiger partial charge in [-0.3, -0.25) is 4.79 Å². The molecule has 0 aromatic carbocycles. The highest BCUT2D eigenvalue weighted by molar-refractivity contribution is 7.92. The van der Waals surface area contributed by atoms with Gasteiger partial charge in [-0.05, 0) is 5.92 Å². The highest BCUT2D eigenvalue weighted by atomic mass is 32.2. The molecule has 1 aliphatic rings. The van der Waals surface area contributed by atoms with Crippen molar-refractivity contribution in [2.45, 2.75) is 19.9 Å². The van der Waals surface area contributed by atoms with Gasteiger partial charge in [0, 0.05) is 25.5 Å². The molecule has 0 spiro atoms. The topological polar surface area (TPSA) is 95.0 Å². The maximum atomic E-state index is 12.2. The van der Waals surface area contributed by atoms with E-state index in [2.05, 4.69) is 6.58 Å². The molecule has 1 rings (SSSR count). The van der Waals surface area contributed by atoms with E-state index in [1.54, 1.807) is 13.8 Å². The van der Waals surface area contributed by atoms with Crippen LogP contribution in [0.3, 0.4) is 0 Å². The van der Waals surface area contributed by atoms with Gasteiger partial charge in [0.2, 0.25) is 15.9 Å². The smallest absolute Gasteiger partial charge is 0.326 e. The number of sulfonamides is 1. The number of carboxylic acid groups (broad SMARTS) is 1. The zero-order chi connectivity index (χ0) is 15.7. The lowest BCUT2D eigenvalue weighted by Gasteiger charge is -2.39. The second kappa shape index (κ2) is 5.92. The van der Waals surface area contributed by atoms with Gasteiger partial charge in [-0.1, -0.05) is 20.4 Å². The molecule has 1 aliphatic heterocycles. The zero-order valence-corrected chi connectivity index (χ0v) is 12.6. The molecular formula is C12H20N2O5S. The Kier molecular flexibility index (Phi) is 4.93. The van der Waals surface area contributed by atoms with Crippen molar-refractivity contribution < 1.29 is 23.1 Å². The number of nitrogens with zero attached hydrogens (tertiary/aromatic N) is 2. The van der Waals surface area contributed by atoms with Gasteiger partial charge in [-0.25, -0.2) is 13.2 Å². The predicted molar refractivity (Wildman–Crippen MR) is 73.2 cm³/mol. The summed E-state index contributed by atoms with van der Waals surface area (Å²) < 4.78 is 24.1. The average molecular weight is 304 g/mol. The van der Waals surface area contributed by atoms with Crippen LogP contribution in [-0.2, 0) is 19.6 Å². The number of carbonyl (C=O) groups excluding carboxylic acids is 1. The molecule has 0 bridgehead atoms. The molecule has 1 saturated heterocycles. The van der Waals surface area contributed by atoms with Gasteiger partial charge < -0.3 is 10.0 Å². The number of hydrogen-bond acceptors (Lipinski definition) is 4. The Bertz CT molecular complexity index is 508. The Morgan fingerprint density at radius 3 is 2.25 bits per heavy atom. The van der Waals surface area contributed by atoms with Crippen LogP contribution in [0.4, 0.5) is 0 Å². The Morgan fingerprint density at radius 1 is 1.40 bits per heavy atom. The third-order valence-corrected chi connectivity index (χ3v) is 4.86. The molecular weight excluding hydrogens is 284 g/mol. The second-order valence-corrected chi connectivity index (χ2v) is 7.08. The summed E-state index contributed by atoms with van der Waals surface area (Å²) in [7, 11) is -2.06. The second-order valence-electron chi connectivity index (χ2n) is 5.20. The van der Waals surface area contributed by atoms with Gasteiger partial charge in [-0.2, -0.15) is 4.31 Å². The van der Waals surface area contributed by atoms with E-state index in [9.17, 15) is 18.0 Å². The summed E-state index contributed by atoms with van der Waals surface area (Å²) >= 11 is 0. The van der Waals surface area contributed by atoms with Crippen LogP contribution in [-0.4, -0.2) is 60.8 Å². The van der Waals surface area contributed by atoms with Crippen molar-refractivity contribution in [3.05, 3.63) is 12.0 Å². The summed E-state index contributed by atoms with van der Waals surface area (Å²) in [6.07, 6.45) is 0.